The summed E-state index contributed by atoms with van der Waals surface area (Å²) in [5.41, 5.74) is 2.42. The topological polar surface area (TPSA) is 111 Å². The van der Waals surface area contributed by atoms with Crippen LogP contribution in [-0.2, 0) is 14.3 Å². The molecule has 27 heavy (non-hydrogen) atoms. The molecule has 0 bridgehead atoms. The highest BCUT2D eigenvalue weighted by Gasteiger charge is 2.19. The second-order valence-corrected chi connectivity index (χ2v) is 6.21. The average Bonchev–Trinajstić information content (AvgIpc) is 3.06. The molecule has 1 aromatic carbocycles. The van der Waals surface area contributed by atoms with Crippen LogP contribution in [0.3, 0.4) is 0 Å². The molecule has 1 aromatic rings. The number of para-hydroxylation sites is 2. The van der Waals surface area contributed by atoms with Crippen LogP contribution in [0, 0.1) is 5.92 Å². The van der Waals surface area contributed by atoms with Gasteiger partial charge in [0.05, 0.1) is 24.6 Å². The van der Waals surface area contributed by atoms with Gasteiger partial charge in [-0.25, -0.2) is 9.59 Å². The molecule has 1 fully saturated rings. The molecule has 2 aliphatic heterocycles. The minimum Gasteiger partial charge on any atom is -0.478 e. The van der Waals surface area contributed by atoms with Crippen LogP contribution in [0.15, 0.2) is 41.4 Å². The SMILES string of the molecule is CC1CCN=C1Nc1ccccc1N1CCOCC1.O=C(O)C=CC(=O)O. The Morgan fingerprint density at radius 2 is 1.81 bits per heavy atom. The minimum atomic E-state index is -1.26. The fourth-order valence-corrected chi connectivity index (χ4v) is 2.77. The summed E-state index contributed by atoms with van der Waals surface area (Å²) in [7, 11) is 0. The van der Waals surface area contributed by atoms with Crippen molar-refractivity contribution in [3.05, 3.63) is 36.4 Å². The third kappa shape index (κ3) is 6.74. The van der Waals surface area contributed by atoms with Crippen molar-refractivity contribution in [1.82, 2.24) is 0 Å². The maximum Gasteiger partial charge on any atom is 0.328 e. The number of morpholine rings is 1. The molecule has 0 aliphatic carbocycles. The molecule has 1 saturated heterocycles. The van der Waals surface area contributed by atoms with Gasteiger partial charge in [-0.15, -0.1) is 0 Å². The van der Waals surface area contributed by atoms with Gasteiger partial charge in [0.1, 0.15) is 5.84 Å². The van der Waals surface area contributed by atoms with Crippen molar-refractivity contribution in [2.24, 2.45) is 10.9 Å². The Kier molecular flexibility index (Phi) is 7.81. The van der Waals surface area contributed by atoms with E-state index in [1.165, 1.54) is 5.69 Å². The third-order valence-electron chi connectivity index (χ3n) is 4.20. The molecule has 0 saturated carbocycles. The van der Waals surface area contributed by atoms with E-state index < -0.39 is 11.9 Å². The molecular weight excluding hydrogens is 350 g/mol. The lowest BCUT2D eigenvalue weighted by Gasteiger charge is -2.30. The minimum absolute atomic E-state index is 0.540. The summed E-state index contributed by atoms with van der Waals surface area (Å²) in [5.74, 6) is -0.849. The second kappa shape index (κ2) is 10.3. The summed E-state index contributed by atoms with van der Waals surface area (Å²) >= 11 is 0. The van der Waals surface area contributed by atoms with Gasteiger partial charge >= 0.3 is 11.9 Å². The molecule has 2 aliphatic rings. The summed E-state index contributed by atoms with van der Waals surface area (Å²) in [6, 6.07) is 8.48. The van der Waals surface area contributed by atoms with Gasteiger partial charge < -0.3 is 25.2 Å². The fourth-order valence-electron chi connectivity index (χ4n) is 2.77. The van der Waals surface area contributed by atoms with Crippen LogP contribution >= 0.6 is 0 Å². The summed E-state index contributed by atoms with van der Waals surface area (Å²) in [5, 5.41) is 19.1. The van der Waals surface area contributed by atoms with Crippen LogP contribution in [0.25, 0.3) is 0 Å². The zero-order valence-electron chi connectivity index (χ0n) is 15.3. The van der Waals surface area contributed by atoms with Crippen LogP contribution in [0.4, 0.5) is 11.4 Å². The van der Waals surface area contributed by atoms with E-state index in [0.717, 1.165) is 50.8 Å². The highest BCUT2D eigenvalue weighted by atomic mass is 16.5. The first-order valence-electron chi connectivity index (χ1n) is 8.84. The molecule has 3 N–H and O–H groups in total. The van der Waals surface area contributed by atoms with E-state index in [-0.39, 0.29) is 0 Å². The Labute approximate surface area is 158 Å². The molecule has 3 rings (SSSR count). The smallest absolute Gasteiger partial charge is 0.328 e. The number of amidine groups is 1. The van der Waals surface area contributed by atoms with Crippen molar-refractivity contribution in [3.63, 3.8) is 0 Å². The molecular formula is C19H25N3O5. The van der Waals surface area contributed by atoms with Gasteiger partial charge in [0.25, 0.3) is 0 Å². The van der Waals surface area contributed by atoms with Gasteiger partial charge in [-0.2, -0.15) is 0 Å². The zero-order valence-corrected chi connectivity index (χ0v) is 15.3. The van der Waals surface area contributed by atoms with E-state index in [1.807, 2.05) is 0 Å². The molecule has 1 unspecified atom stereocenters. The van der Waals surface area contributed by atoms with Crippen LogP contribution in [0.2, 0.25) is 0 Å². The zero-order chi connectivity index (χ0) is 19.6. The maximum atomic E-state index is 9.55. The molecule has 0 radical (unpaired) electrons. The number of nitrogens with zero attached hydrogens (tertiary/aromatic N) is 2. The molecule has 1 atom stereocenters. The van der Waals surface area contributed by atoms with Crippen molar-refractivity contribution in [3.8, 4) is 0 Å². The Bertz CT molecular complexity index is 695. The van der Waals surface area contributed by atoms with Crippen molar-refractivity contribution < 1.29 is 24.5 Å². The van der Waals surface area contributed by atoms with Gasteiger partial charge in [-0.3, -0.25) is 4.99 Å². The highest BCUT2D eigenvalue weighted by Crippen LogP contribution is 2.28. The second-order valence-electron chi connectivity index (χ2n) is 6.21. The fraction of sp³-hybridized carbons (Fsp3) is 0.421. The molecule has 146 valence electrons. The monoisotopic (exact) mass is 375 g/mol. The van der Waals surface area contributed by atoms with E-state index in [4.69, 9.17) is 14.9 Å². The Hall–Kier alpha value is -2.87. The Morgan fingerprint density at radius 3 is 2.37 bits per heavy atom. The van der Waals surface area contributed by atoms with Gasteiger partial charge in [0, 0.05) is 37.7 Å². The van der Waals surface area contributed by atoms with Gasteiger partial charge in [-0.1, -0.05) is 19.1 Å². The molecule has 8 heteroatoms. The van der Waals surface area contributed by atoms with Crippen LogP contribution in [0.5, 0.6) is 0 Å². The first-order valence-corrected chi connectivity index (χ1v) is 8.84. The van der Waals surface area contributed by atoms with Gasteiger partial charge in [-0.05, 0) is 18.6 Å². The number of rotatable bonds is 4. The molecule has 0 spiro atoms. The van der Waals surface area contributed by atoms with Crippen molar-refractivity contribution in [2.75, 3.05) is 43.1 Å². The first kappa shape index (κ1) is 20.4. The number of aliphatic carboxylic acids is 2. The summed E-state index contributed by atoms with van der Waals surface area (Å²) in [6.45, 7) is 6.72. The van der Waals surface area contributed by atoms with Crippen LogP contribution < -0.4 is 10.2 Å². The lowest BCUT2D eigenvalue weighted by atomic mass is 10.1. The molecule has 2 heterocycles. The summed E-state index contributed by atoms with van der Waals surface area (Å²) in [6.07, 6.45) is 2.27. The Balaban J connectivity index is 0.000000279. The number of anilines is 2. The normalized spacial score (nSPS) is 19.2. The van der Waals surface area contributed by atoms with Gasteiger partial charge in [0.2, 0.25) is 0 Å². The molecule has 8 nitrogen and oxygen atoms in total. The van der Waals surface area contributed by atoms with E-state index in [1.54, 1.807) is 0 Å². The third-order valence-corrected chi connectivity index (χ3v) is 4.20. The summed E-state index contributed by atoms with van der Waals surface area (Å²) in [4.78, 5) is 26.0. The maximum absolute atomic E-state index is 9.55. The first-order chi connectivity index (χ1) is 13.0. The number of ether oxygens (including phenoxy) is 1. The largest absolute Gasteiger partial charge is 0.478 e. The lowest BCUT2D eigenvalue weighted by molar-refractivity contribution is -0.134. The number of carboxylic acids is 2. The van der Waals surface area contributed by atoms with E-state index in [2.05, 4.69) is 46.4 Å². The van der Waals surface area contributed by atoms with Crippen molar-refractivity contribution >= 4 is 29.1 Å². The number of hydrogen-bond donors (Lipinski definition) is 3. The standard InChI is InChI=1S/C15H21N3O.C4H4O4/c1-12-6-7-16-15(12)17-13-4-2-3-5-14(13)18-8-10-19-11-9-18;5-3(6)1-2-4(7)8/h2-5,12H,6-11H2,1H3,(H,16,17);1-2H,(H,5,6)(H,7,8). The van der Waals surface area contributed by atoms with E-state index in [9.17, 15) is 9.59 Å². The Morgan fingerprint density at radius 1 is 1.19 bits per heavy atom. The van der Waals surface area contributed by atoms with Crippen molar-refractivity contribution in [2.45, 2.75) is 13.3 Å². The predicted octanol–water partition coefficient (Wildman–Crippen LogP) is 2.09. The molecule has 0 amide bonds. The number of aliphatic imine (C=N–C) groups is 1. The number of nitrogens with one attached hydrogen (secondary N) is 1. The number of carboxylic acid groups (broad SMARTS) is 2. The number of hydrogen-bond acceptors (Lipinski definition) is 6. The summed E-state index contributed by atoms with van der Waals surface area (Å²) < 4.78 is 5.43. The quantitative estimate of drug-likeness (QED) is 0.691. The number of benzene rings is 1. The van der Waals surface area contributed by atoms with E-state index in [0.29, 0.717) is 18.1 Å². The van der Waals surface area contributed by atoms with Crippen molar-refractivity contribution in [1.29, 1.82) is 0 Å². The van der Waals surface area contributed by atoms with Crippen LogP contribution in [0.1, 0.15) is 13.3 Å². The number of carbonyl (C=O) groups is 2. The van der Waals surface area contributed by atoms with Gasteiger partial charge in [0.15, 0.2) is 0 Å². The van der Waals surface area contributed by atoms with E-state index >= 15 is 0 Å². The lowest BCUT2D eigenvalue weighted by Crippen LogP contribution is -2.36. The van der Waals surface area contributed by atoms with Crippen LogP contribution in [-0.4, -0.2) is 60.8 Å². The predicted molar refractivity (Wildman–Crippen MR) is 104 cm³/mol. The average molecular weight is 375 g/mol. The highest BCUT2D eigenvalue weighted by molar-refractivity contribution is 6.00. The molecule has 0 aromatic heterocycles.